The maximum atomic E-state index is 5.94. The van der Waals surface area contributed by atoms with Gasteiger partial charge in [0, 0.05) is 0 Å². The minimum Gasteiger partial charge on any atom is -0.373 e. The van der Waals surface area contributed by atoms with E-state index in [0.717, 1.165) is 12.8 Å². The van der Waals surface area contributed by atoms with Gasteiger partial charge < -0.3 is 9.47 Å². The van der Waals surface area contributed by atoms with Crippen molar-refractivity contribution in [2.75, 3.05) is 0 Å². The van der Waals surface area contributed by atoms with Gasteiger partial charge in [0.15, 0.2) is 0 Å². The molecular weight excluding hydrogens is 248 g/mol. The fraction of sp³-hybridized carbons (Fsp3) is 0.833. The largest absolute Gasteiger partial charge is 0.373 e. The van der Waals surface area contributed by atoms with E-state index in [2.05, 4.69) is 60.1 Å². The minimum atomic E-state index is 0.0491. The molecule has 20 heavy (non-hydrogen) atoms. The molecule has 0 heterocycles. The molecule has 2 heteroatoms. The number of hydrogen-bond acceptors (Lipinski definition) is 2. The average molecular weight is 283 g/mol. The second kappa shape index (κ2) is 12.4. The Bertz CT molecular complexity index is 234. The summed E-state index contributed by atoms with van der Waals surface area (Å²) in [6.45, 7) is 12.6. The molecule has 0 bridgehead atoms. The fourth-order valence-corrected chi connectivity index (χ4v) is 2.07. The first-order valence-electron chi connectivity index (χ1n) is 8.26. The molecule has 0 fully saturated rings. The Morgan fingerprint density at radius 2 is 1.50 bits per heavy atom. The fourth-order valence-electron chi connectivity index (χ4n) is 2.07. The molecule has 0 aliphatic rings. The standard InChI is InChI=1S/C18H35O2/c1-7-8-9-10-11-12-13-14-18(20-16(4)5)17(6)19-15(2)3/h10,13-18H,7-9,11-12H2,1-6H3/b14-13+. The molecule has 0 rings (SSSR count). The van der Waals surface area contributed by atoms with Crippen molar-refractivity contribution in [3.63, 3.8) is 0 Å². The van der Waals surface area contributed by atoms with Crippen LogP contribution in [0.2, 0.25) is 0 Å². The van der Waals surface area contributed by atoms with E-state index < -0.39 is 0 Å². The van der Waals surface area contributed by atoms with Crippen molar-refractivity contribution < 1.29 is 9.47 Å². The second-order valence-electron chi connectivity index (χ2n) is 5.98. The number of ether oxygens (including phenoxy) is 2. The number of hydrogen-bond donors (Lipinski definition) is 0. The van der Waals surface area contributed by atoms with Crippen LogP contribution >= 0.6 is 0 Å². The summed E-state index contributed by atoms with van der Waals surface area (Å²) in [5, 5.41) is 0. The average Bonchev–Trinajstić information content (AvgIpc) is 2.35. The van der Waals surface area contributed by atoms with Gasteiger partial charge in [0.05, 0.1) is 18.3 Å². The van der Waals surface area contributed by atoms with Gasteiger partial charge in [-0.15, -0.1) is 0 Å². The van der Waals surface area contributed by atoms with Crippen LogP contribution in [0.4, 0.5) is 0 Å². The van der Waals surface area contributed by atoms with Crippen molar-refractivity contribution in [1.29, 1.82) is 0 Å². The zero-order chi connectivity index (χ0) is 15.4. The first-order chi connectivity index (χ1) is 9.47. The van der Waals surface area contributed by atoms with Gasteiger partial charge in [-0.05, 0) is 53.9 Å². The summed E-state index contributed by atoms with van der Waals surface area (Å²) in [7, 11) is 0. The van der Waals surface area contributed by atoms with Crippen LogP contribution in [0.5, 0.6) is 0 Å². The monoisotopic (exact) mass is 283 g/mol. The third-order valence-electron chi connectivity index (χ3n) is 3.00. The first-order valence-corrected chi connectivity index (χ1v) is 8.26. The molecule has 0 aromatic rings. The Kier molecular flexibility index (Phi) is 12.2. The number of rotatable bonds is 12. The van der Waals surface area contributed by atoms with Crippen molar-refractivity contribution >= 4 is 0 Å². The summed E-state index contributed by atoms with van der Waals surface area (Å²) in [5.74, 6) is 0. The van der Waals surface area contributed by atoms with Crippen LogP contribution < -0.4 is 0 Å². The van der Waals surface area contributed by atoms with Gasteiger partial charge in [0.1, 0.15) is 6.10 Å². The third kappa shape index (κ3) is 11.5. The Morgan fingerprint density at radius 1 is 0.850 bits per heavy atom. The zero-order valence-corrected chi connectivity index (χ0v) is 14.4. The Morgan fingerprint density at radius 3 is 2.05 bits per heavy atom. The summed E-state index contributed by atoms with van der Waals surface area (Å²) >= 11 is 0. The van der Waals surface area contributed by atoms with E-state index in [9.17, 15) is 0 Å². The lowest BCUT2D eigenvalue weighted by molar-refractivity contribution is -0.0823. The Balaban J connectivity index is 4.07. The molecule has 0 aromatic carbocycles. The van der Waals surface area contributed by atoms with E-state index in [0.29, 0.717) is 0 Å². The van der Waals surface area contributed by atoms with Gasteiger partial charge in [-0.1, -0.05) is 38.3 Å². The molecule has 1 radical (unpaired) electrons. The van der Waals surface area contributed by atoms with E-state index in [1.807, 2.05) is 0 Å². The first kappa shape index (κ1) is 19.7. The van der Waals surface area contributed by atoms with E-state index in [-0.39, 0.29) is 24.4 Å². The second-order valence-corrected chi connectivity index (χ2v) is 5.98. The van der Waals surface area contributed by atoms with Crippen LogP contribution in [0.1, 0.15) is 73.6 Å². The van der Waals surface area contributed by atoms with Crippen LogP contribution in [0.15, 0.2) is 12.2 Å². The van der Waals surface area contributed by atoms with Gasteiger partial charge in [0.25, 0.3) is 0 Å². The quantitative estimate of drug-likeness (QED) is 0.356. The van der Waals surface area contributed by atoms with Gasteiger partial charge in [0.2, 0.25) is 0 Å². The number of unbranched alkanes of at least 4 members (excludes halogenated alkanes) is 5. The number of allylic oxidation sites excluding steroid dienone is 1. The van der Waals surface area contributed by atoms with Crippen LogP contribution in [0.25, 0.3) is 0 Å². The summed E-state index contributed by atoms with van der Waals surface area (Å²) in [4.78, 5) is 0. The van der Waals surface area contributed by atoms with E-state index in [4.69, 9.17) is 9.47 Å². The van der Waals surface area contributed by atoms with Crippen molar-refractivity contribution in [3.05, 3.63) is 18.6 Å². The van der Waals surface area contributed by atoms with E-state index in [1.165, 1.54) is 19.3 Å². The molecule has 0 amide bonds. The summed E-state index contributed by atoms with van der Waals surface area (Å²) < 4.78 is 11.8. The van der Waals surface area contributed by atoms with Crippen LogP contribution in [0.3, 0.4) is 0 Å². The third-order valence-corrected chi connectivity index (χ3v) is 3.00. The molecule has 2 atom stereocenters. The molecule has 119 valence electrons. The van der Waals surface area contributed by atoms with E-state index >= 15 is 0 Å². The van der Waals surface area contributed by atoms with Crippen LogP contribution in [0, 0.1) is 6.42 Å². The van der Waals surface area contributed by atoms with Crippen molar-refractivity contribution in [2.24, 2.45) is 0 Å². The van der Waals surface area contributed by atoms with Gasteiger partial charge in [-0.2, -0.15) is 0 Å². The molecule has 0 aromatic heterocycles. The molecule has 0 N–H and O–H groups in total. The molecule has 0 saturated carbocycles. The predicted octanol–water partition coefficient (Wildman–Crippen LogP) is 5.32. The topological polar surface area (TPSA) is 18.5 Å². The van der Waals surface area contributed by atoms with Gasteiger partial charge >= 0.3 is 0 Å². The van der Waals surface area contributed by atoms with Crippen LogP contribution in [-0.4, -0.2) is 24.4 Å². The lowest BCUT2D eigenvalue weighted by Crippen LogP contribution is -2.31. The highest BCUT2D eigenvalue weighted by molar-refractivity contribution is 4.94. The van der Waals surface area contributed by atoms with Crippen molar-refractivity contribution in [2.45, 2.75) is 98.1 Å². The molecule has 2 unspecified atom stereocenters. The predicted molar refractivity (Wildman–Crippen MR) is 87.9 cm³/mol. The lowest BCUT2D eigenvalue weighted by atomic mass is 10.1. The summed E-state index contributed by atoms with van der Waals surface area (Å²) in [6.07, 6.45) is 13.5. The summed E-state index contributed by atoms with van der Waals surface area (Å²) in [5.41, 5.74) is 0. The van der Waals surface area contributed by atoms with Gasteiger partial charge in [-0.3, -0.25) is 0 Å². The Hall–Kier alpha value is -0.340. The maximum absolute atomic E-state index is 5.94. The highest BCUT2D eigenvalue weighted by Gasteiger charge is 2.18. The molecule has 0 saturated heterocycles. The maximum Gasteiger partial charge on any atom is 0.102 e. The van der Waals surface area contributed by atoms with Crippen molar-refractivity contribution in [1.82, 2.24) is 0 Å². The normalized spacial score (nSPS) is 15.4. The SMILES string of the molecule is CCCC[CH]CC/C=C/C(OC(C)C)C(C)OC(C)C. The smallest absolute Gasteiger partial charge is 0.102 e. The van der Waals surface area contributed by atoms with E-state index in [1.54, 1.807) is 0 Å². The Labute approximate surface area is 126 Å². The van der Waals surface area contributed by atoms with Crippen LogP contribution in [-0.2, 0) is 9.47 Å². The zero-order valence-electron chi connectivity index (χ0n) is 14.4. The van der Waals surface area contributed by atoms with Gasteiger partial charge in [-0.25, -0.2) is 0 Å². The molecule has 0 aliphatic carbocycles. The van der Waals surface area contributed by atoms with Crippen molar-refractivity contribution in [3.8, 4) is 0 Å². The lowest BCUT2D eigenvalue weighted by Gasteiger charge is -2.25. The molecule has 0 spiro atoms. The summed E-state index contributed by atoms with van der Waals surface area (Å²) in [6, 6.07) is 0. The molecule has 2 nitrogen and oxygen atoms in total. The molecule has 0 aliphatic heterocycles. The highest BCUT2D eigenvalue weighted by Crippen LogP contribution is 2.12. The minimum absolute atomic E-state index is 0.0491. The highest BCUT2D eigenvalue weighted by atomic mass is 16.5. The molecular formula is C18H35O2.